The number of nitrogens with two attached hydrogens (primary N) is 1. The number of rotatable bonds is 4. The van der Waals surface area contributed by atoms with Crippen LogP contribution in [0.25, 0.3) is 0 Å². The molecule has 1 fully saturated rings. The van der Waals surface area contributed by atoms with E-state index < -0.39 is 0 Å². The van der Waals surface area contributed by atoms with Gasteiger partial charge in [-0.3, -0.25) is 4.90 Å². The molecule has 0 amide bonds. The van der Waals surface area contributed by atoms with E-state index in [-0.39, 0.29) is 0 Å². The normalized spacial score (nSPS) is 24.5. The first kappa shape index (κ1) is 13.1. The van der Waals surface area contributed by atoms with E-state index in [0.29, 0.717) is 12.0 Å². The molecular formula is C14H21BrN2. The lowest BCUT2D eigenvalue weighted by Gasteiger charge is -2.29. The minimum atomic E-state index is 0.666. The Morgan fingerprint density at radius 3 is 2.94 bits per heavy atom. The zero-order valence-electron chi connectivity index (χ0n) is 10.4. The van der Waals surface area contributed by atoms with E-state index in [9.17, 15) is 0 Å². The quantitative estimate of drug-likeness (QED) is 0.925. The highest BCUT2D eigenvalue weighted by Crippen LogP contribution is 2.29. The molecule has 0 aliphatic heterocycles. The van der Waals surface area contributed by atoms with Gasteiger partial charge in [0.25, 0.3) is 0 Å². The first-order chi connectivity index (χ1) is 8.20. The maximum atomic E-state index is 5.85. The van der Waals surface area contributed by atoms with Gasteiger partial charge >= 0.3 is 0 Å². The van der Waals surface area contributed by atoms with Crippen LogP contribution in [0.3, 0.4) is 0 Å². The van der Waals surface area contributed by atoms with Crippen LogP contribution in [-0.2, 0) is 6.54 Å². The van der Waals surface area contributed by atoms with Gasteiger partial charge in [-0.15, -0.1) is 0 Å². The molecule has 2 atom stereocenters. The van der Waals surface area contributed by atoms with Crippen LogP contribution >= 0.6 is 15.9 Å². The molecule has 0 saturated heterocycles. The lowest BCUT2D eigenvalue weighted by Crippen LogP contribution is -2.37. The second-order valence-electron chi connectivity index (χ2n) is 5.04. The van der Waals surface area contributed by atoms with Crippen LogP contribution in [0, 0.1) is 5.92 Å². The average Bonchev–Trinajstić information content (AvgIpc) is 2.77. The van der Waals surface area contributed by atoms with E-state index in [1.165, 1.54) is 24.8 Å². The van der Waals surface area contributed by atoms with Gasteiger partial charge in [0.1, 0.15) is 0 Å². The van der Waals surface area contributed by atoms with E-state index >= 15 is 0 Å². The maximum absolute atomic E-state index is 5.85. The zero-order chi connectivity index (χ0) is 12.3. The smallest absolute Gasteiger partial charge is 0.0234 e. The van der Waals surface area contributed by atoms with Crippen LogP contribution in [0.4, 0.5) is 0 Å². The second-order valence-corrected chi connectivity index (χ2v) is 5.95. The van der Waals surface area contributed by atoms with Crippen LogP contribution in [0.2, 0.25) is 0 Å². The molecule has 3 heteroatoms. The molecule has 0 radical (unpaired) electrons. The van der Waals surface area contributed by atoms with Crippen LogP contribution < -0.4 is 5.73 Å². The monoisotopic (exact) mass is 296 g/mol. The van der Waals surface area contributed by atoms with E-state index in [1.54, 1.807) is 0 Å². The molecule has 1 saturated carbocycles. The standard InChI is InChI=1S/C14H21BrN2/c1-17(14-7-3-5-12(14)9-16)10-11-4-2-6-13(15)8-11/h2,4,6,8,12,14H,3,5,7,9-10,16H2,1H3. The number of benzene rings is 1. The van der Waals surface area contributed by atoms with Crippen molar-refractivity contribution in [2.45, 2.75) is 31.8 Å². The first-order valence-electron chi connectivity index (χ1n) is 6.35. The molecule has 94 valence electrons. The van der Waals surface area contributed by atoms with Crippen molar-refractivity contribution in [2.75, 3.05) is 13.6 Å². The molecule has 2 N–H and O–H groups in total. The molecule has 0 aromatic heterocycles. The maximum Gasteiger partial charge on any atom is 0.0234 e. The molecule has 2 rings (SSSR count). The lowest BCUT2D eigenvalue weighted by molar-refractivity contribution is 0.193. The minimum Gasteiger partial charge on any atom is -0.330 e. The Morgan fingerprint density at radius 1 is 1.41 bits per heavy atom. The topological polar surface area (TPSA) is 29.3 Å². The Kier molecular flexibility index (Phi) is 4.60. The molecule has 0 heterocycles. The zero-order valence-corrected chi connectivity index (χ0v) is 12.0. The number of hydrogen-bond donors (Lipinski definition) is 1. The highest BCUT2D eigenvalue weighted by molar-refractivity contribution is 9.10. The van der Waals surface area contributed by atoms with Crippen LogP contribution in [0.5, 0.6) is 0 Å². The first-order valence-corrected chi connectivity index (χ1v) is 7.14. The highest BCUT2D eigenvalue weighted by atomic mass is 79.9. The van der Waals surface area contributed by atoms with Gasteiger partial charge in [0, 0.05) is 17.1 Å². The predicted molar refractivity (Wildman–Crippen MR) is 75.8 cm³/mol. The van der Waals surface area contributed by atoms with Crippen LogP contribution in [0.1, 0.15) is 24.8 Å². The Bertz CT molecular complexity index is 367. The largest absolute Gasteiger partial charge is 0.330 e. The van der Waals surface area contributed by atoms with Gasteiger partial charge in [-0.05, 0) is 50.0 Å². The van der Waals surface area contributed by atoms with Crippen molar-refractivity contribution in [1.82, 2.24) is 4.90 Å². The fraction of sp³-hybridized carbons (Fsp3) is 0.571. The lowest BCUT2D eigenvalue weighted by atomic mass is 10.0. The predicted octanol–water partition coefficient (Wildman–Crippen LogP) is 3.01. The number of hydrogen-bond acceptors (Lipinski definition) is 2. The van der Waals surface area contributed by atoms with Gasteiger partial charge < -0.3 is 5.73 Å². The molecule has 2 unspecified atom stereocenters. The van der Waals surface area contributed by atoms with Gasteiger partial charge in [-0.25, -0.2) is 0 Å². The van der Waals surface area contributed by atoms with Crippen molar-refractivity contribution in [3.8, 4) is 0 Å². The SMILES string of the molecule is CN(Cc1cccc(Br)c1)C1CCCC1CN. The minimum absolute atomic E-state index is 0.666. The summed E-state index contributed by atoms with van der Waals surface area (Å²) in [4.78, 5) is 2.46. The fourth-order valence-corrected chi connectivity index (χ4v) is 3.36. The van der Waals surface area contributed by atoms with E-state index in [2.05, 4.69) is 52.1 Å². The summed E-state index contributed by atoms with van der Waals surface area (Å²) in [5.41, 5.74) is 7.21. The van der Waals surface area contributed by atoms with Crippen LogP contribution in [-0.4, -0.2) is 24.5 Å². The molecule has 17 heavy (non-hydrogen) atoms. The number of halogens is 1. The summed E-state index contributed by atoms with van der Waals surface area (Å²) < 4.78 is 1.16. The molecule has 1 aliphatic carbocycles. The Morgan fingerprint density at radius 2 is 2.24 bits per heavy atom. The summed E-state index contributed by atoms with van der Waals surface area (Å²) in [6.07, 6.45) is 3.92. The van der Waals surface area contributed by atoms with Gasteiger partial charge in [-0.2, -0.15) is 0 Å². The van der Waals surface area contributed by atoms with Crippen molar-refractivity contribution in [3.63, 3.8) is 0 Å². The van der Waals surface area contributed by atoms with Crippen molar-refractivity contribution < 1.29 is 0 Å². The van der Waals surface area contributed by atoms with Crippen molar-refractivity contribution in [2.24, 2.45) is 11.7 Å². The molecule has 0 spiro atoms. The fourth-order valence-electron chi connectivity index (χ4n) is 2.91. The third-order valence-corrected chi connectivity index (χ3v) is 4.30. The van der Waals surface area contributed by atoms with E-state index in [4.69, 9.17) is 5.73 Å². The van der Waals surface area contributed by atoms with Crippen molar-refractivity contribution in [1.29, 1.82) is 0 Å². The molecule has 2 nitrogen and oxygen atoms in total. The molecule has 1 aliphatic rings. The third-order valence-electron chi connectivity index (χ3n) is 3.81. The third kappa shape index (κ3) is 3.30. The van der Waals surface area contributed by atoms with Gasteiger partial charge in [0.05, 0.1) is 0 Å². The summed E-state index contributed by atoms with van der Waals surface area (Å²) in [5.74, 6) is 0.687. The second kappa shape index (κ2) is 5.98. The van der Waals surface area contributed by atoms with E-state index in [0.717, 1.165) is 17.6 Å². The Labute approximate surface area is 112 Å². The number of nitrogens with zero attached hydrogens (tertiary/aromatic N) is 1. The van der Waals surface area contributed by atoms with Crippen molar-refractivity contribution in [3.05, 3.63) is 34.3 Å². The van der Waals surface area contributed by atoms with Gasteiger partial charge in [0.15, 0.2) is 0 Å². The summed E-state index contributed by atoms with van der Waals surface area (Å²) in [6.45, 7) is 1.84. The summed E-state index contributed by atoms with van der Waals surface area (Å²) in [7, 11) is 2.22. The highest BCUT2D eigenvalue weighted by Gasteiger charge is 2.29. The Hall–Kier alpha value is -0.380. The van der Waals surface area contributed by atoms with E-state index in [1.807, 2.05) is 0 Å². The Balaban J connectivity index is 1.99. The summed E-state index contributed by atoms with van der Waals surface area (Å²) >= 11 is 3.52. The van der Waals surface area contributed by atoms with Gasteiger partial charge in [-0.1, -0.05) is 34.5 Å². The molecule has 0 bridgehead atoms. The summed E-state index contributed by atoms with van der Waals surface area (Å²) in [5, 5.41) is 0. The molecule has 1 aromatic rings. The molecular weight excluding hydrogens is 276 g/mol. The van der Waals surface area contributed by atoms with Crippen molar-refractivity contribution >= 4 is 15.9 Å². The summed E-state index contributed by atoms with van der Waals surface area (Å²) in [6, 6.07) is 9.22. The molecule has 1 aromatic carbocycles. The van der Waals surface area contributed by atoms with Crippen LogP contribution in [0.15, 0.2) is 28.7 Å². The average molecular weight is 297 g/mol. The van der Waals surface area contributed by atoms with Gasteiger partial charge in [0.2, 0.25) is 0 Å².